The SMILES string of the molecule is O=S1(=O)N=C(C2CCCN2)Nc2ccc(Br)cc21. The Morgan fingerprint density at radius 2 is 2.22 bits per heavy atom. The van der Waals surface area contributed by atoms with E-state index in [1.807, 2.05) is 6.07 Å². The fraction of sp³-hybridized carbons (Fsp3) is 0.364. The molecule has 0 aromatic heterocycles. The van der Waals surface area contributed by atoms with Gasteiger partial charge in [0.25, 0.3) is 10.0 Å². The summed E-state index contributed by atoms with van der Waals surface area (Å²) in [5.41, 5.74) is 0.594. The van der Waals surface area contributed by atoms with Gasteiger partial charge in [-0.05, 0) is 37.6 Å². The average molecular weight is 330 g/mol. The predicted molar refractivity (Wildman–Crippen MR) is 73.4 cm³/mol. The number of benzene rings is 1. The molecule has 2 N–H and O–H groups in total. The minimum absolute atomic E-state index is 0.0107. The van der Waals surface area contributed by atoms with E-state index in [0.717, 1.165) is 23.9 Å². The van der Waals surface area contributed by atoms with Crippen molar-refractivity contribution in [3.63, 3.8) is 0 Å². The summed E-state index contributed by atoms with van der Waals surface area (Å²) in [5.74, 6) is 0.502. The number of nitrogens with zero attached hydrogens (tertiary/aromatic N) is 1. The summed E-state index contributed by atoms with van der Waals surface area (Å²) in [4.78, 5) is 0.221. The number of halogens is 1. The van der Waals surface area contributed by atoms with Crippen LogP contribution in [0.25, 0.3) is 0 Å². The van der Waals surface area contributed by atoms with Gasteiger partial charge >= 0.3 is 0 Å². The lowest BCUT2D eigenvalue weighted by atomic mass is 10.2. The lowest BCUT2D eigenvalue weighted by Crippen LogP contribution is -2.38. The lowest BCUT2D eigenvalue weighted by molar-refractivity contribution is 0.597. The van der Waals surface area contributed by atoms with Crippen LogP contribution < -0.4 is 10.6 Å². The number of hydrogen-bond acceptors (Lipinski definition) is 4. The fourth-order valence-electron chi connectivity index (χ4n) is 2.22. The van der Waals surface area contributed by atoms with Gasteiger partial charge in [-0.15, -0.1) is 4.40 Å². The highest BCUT2D eigenvalue weighted by Crippen LogP contribution is 2.31. The third-order valence-corrected chi connectivity index (χ3v) is 4.92. The molecule has 2 aliphatic heterocycles. The van der Waals surface area contributed by atoms with Crippen molar-refractivity contribution in [2.75, 3.05) is 11.9 Å². The zero-order chi connectivity index (χ0) is 12.8. The second kappa shape index (κ2) is 4.32. The van der Waals surface area contributed by atoms with E-state index >= 15 is 0 Å². The molecule has 1 fully saturated rings. The van der Waals surface area contributed by atoms with Crippen molar-refractivity contribution in [2.24, 2.45) is 4.40 Å². The van der Waals surface area contributed by atoms with Gasteiger partial charge in [0, 0.05) is 4.47 Å². The second-order valence-electron chi connectivity index (χ2n) is 4.37. The first-order chi connectivity index (χ1) is 8.56. The van der Waals surface area contributed by atoms with Gasteiger partial charge in [-0.1, -0.05) is 15.9 Å². The molecule has 3 rings (SSSR count). The molecule has 1 atom stereocenters. The first kappa shape index (κ1) is 12.1. The van der Waals surface area contributed by atoms with Crippen molar-refractivity contribution in [3.05, 3.63) is 22.7 Å². The Morgan fingerprint density at radius 3 is 2.94 bits per heavy atom. The Morgan fingerprint density at radius 1 is 1.39 bits per heavy atom. The number of fused-ring (bicyclic) bond motifs is 1. The highest BCUT2D eigenvalue weighted by atomic mass is 79.9. The predicted octanol–water partition coefficient (Wildman–Crippen LogP) is 1.71. The third kappa shape index (κ3) is 2.06. The van der Waals surface area contributed by atoms with Crippen molar-refractivity contribution in [3.8, 4) is 0 Å². The van der Waals surface area contributed by atoms with Crippen molar-refractivity contribution < 1.29 is 8.42 Å². The van der Waals surface area contributed by atoms with E-state index in [1.165, 1.54) is 0 Å². The summed E-state index contributed by atoms with van der Waals surface area (Å²) in [7, 11) is -3.60. The summed E-state index contributed by atoms with van der Waals surface area (Å²) in [6.07, 6.45) is 1.95. The lowest BCUT2D eigenvalue weighted by Gasteiger charge is -2.22. The van der Waals surface area contributed by atoms with Gasteiger partial charge in [0.2, 0.25) is 0 Å². The number of nitrogens with one attached hydrogen (secondary N) is 2. The molecule has 7 heteroatoms. The highest BCUT2D eigenvalue weighted by molar-refractivity contribution is 9.10. The minimum Gasteiger partial charge on any atom is -0.341 e. The summed E-state index contributed by atoms with van der Waals surface area (Å²) in [5, 5.41) is 6.35. The summed E-state index contributed by atoms with van der Waals surface area (Å²) in [6, 6.07) is 5.14. The van der Waals surface area contributed by atoms with E-state index in [4.69, 9.17) is 0 Å². The number of sulfonamides is 1. The van der Waals surface area contributed by atoms with E-state index in [-0.39, 0.29) is 10.9 Å². The van der Waals surface area contributed by atoms with Gasteiger partial charge in [-0.3, -0.25) is 0 Å². The van der Waals surface area contributed by atoms with E-state index < -0.39 is 10.0 Å². The fourth-order valence-corrected chi connectivity index (χ4v) is 3.94. The van der Waals surface area contributed by atoms with Gasteiger partial charge < -0.3 is 10.6 Å². The van der Waals surface area contributed by atoms with Crippen LogP contribution in [0.1, 0.15) is 12.8 Å². The normalized spacial score (nSPS) is 25.2. The van der Waals surface area contributed by atoms with Crippen LogP contribution in [-0.2, 0) is 10.0 Å². The number of hydrogen-bond donors (Lipinski definition) is 2. The Labute approximate surface area is 114 Å². The van der Waals surface area contributed by atoms with Crippen molar-refractivity contribution in [2.45, 2.75) is 23.8 Å². The molecular formula is C11H12BrN3O2S. The molecule has 96 valence electrons. The Hall–Kier alpha value is -0.920. The smallest absolute Gasteiger partial charge is 0.286 e. The molecule has 0 spiro atoms. The molecule has 1 aromatic carbocycles. The minimum atomic E-state index is -3.60. The standard InChI is InChI=1S/C11H12BrN3O2S/c12-7-3-4-8-10(6-7)18(16,17)15-11(14-8)9-2-1-5-13-9/h3-4,6,9,13H,1-2,5H2,(H,14,15). The van der Waals surface area contributed by atoms with E-state index in [9.17, 15) is 8.42 Å². The highest BCUT2D eigenvalue weighted by Gasteiger charge is 2.30. The van der Waals surface area contributed by atoms with E-state index in [1.54, 1.807) is 12.1 Å². The number of rotatable bonds is 1. The van der Waals surface area contributed by atoms with Crippen LogP contribution in [-0.4, -0.2) is 26.8 Å². The third-order valence-electron chi connectivity index (χ3n) is 3.09. The molecule has 2 heterocycles. The van der Waals surface area contributed by atoms with Crippen LogP contribution in [0.2, 0.25) is 0 Å². The zero-order valence-corrected chi connectivity index (χ0v) is 11.9. The molecular weight excluding hydrogens is 318 g/mol. The second-order valence-corrected chi connectivity index (χ2v) is 6.85. The summed E-state index contributed by atoms with van der Waals surface area (Å²) < 4.78 is 28.8. The van der Waals surface area contributed by atoms with Crippen LogP contribution in [0, 0.1) is 0 Å². The van der Waals surface area contributed by atoms with E-state index in [2.05, 4.69) is 31.0 Å². The first-order valence-electron chi connectivity index (χ1n) is 5.71. The van der Waals surface area contributed by atoms with Gasteiger partial charge in [-0.25, -0.2) is 0 Å². The van der Waals surface area contributed by atoms with Gasteiger partial charge in [0.15, 0.2) is 0 Å². The van der Waals surface area contributed by atoms with Crippen molar-refractivity contribution >= 4 is 37.5 Å². The molecule has 0 radical (unpaired) electrons. The van der Waals surface area contributed by atoms with Gasteiger partial charge in [0.1, 0.15) is 10.7 Å². The van der Waals surface area contributed by atoms with Crippen LogP contribution in [0.3, 0.4) is 0 Å². The molecule has 0 saturated carbocycles. The molecule has 2 aliphatic rings. The van der Waals surface area contributed by atoms with Crippen molar-refractivity contribution in [1.29, 1.82) is 0 Å². The average Bonchev–Trinajstić information content (AvgIpc) is 2.83. The zero-order valence-electron chi connectivity index (χ0n) is 9.48. The van der Waals surface area contributed by atoms with Gasteiger partial charge in [0.05, 0.1) is 11.7 Å². The maximum absolute atomic E-state index is 12.1. The first-order valence-corrected chi connectivity index (χ1v) is 7.94. The molecule has 1 saturated heterocycles. The van der Waals surface area contributed by atoms with Crippen LogP contribution in [0.4, 0.5) is 5.69 Å². The Kier molecular flexibility index (Phi) is 2.91. The number of anilines is 1. The maximum Gasteiger partial charge on any atom is 0.286 e. The summed E-state index contributed by atoms with van der Waals surface area (Å²) >= 11 is 3.27. The largest absolute Gasteiger partial charge is 0.341 e. The van der Waals surface area contributed by atoms with E-state index in [0.29, 0.717) is 11.5 Å². The topological polar surface area (TPSA) is 70.6 Å². The monoisotopic (exact) mass is 329 g/mol. The Bertz CT molecular complexity index is 621. The molecule has 1 aromatic rings. The number of amidine groups is 1. The van der Waals surface area contributed by atoms with Crippen LogP contribution in [0.5, 0.6) is 0 Å². The maximum atomic E-state index is 12.1. The molecule has 0 aliphatic carbocycles. The molecule has 0 amide bonds. The van der Waals surface area contributed by atoms with Gasteiger partial charge in [-0.2, -0.15) is 8.42 Å². The molecule has 0 bridgehead atoms. The molecule has 18 heavy (non-hydrogen) atoms. The van der Waals surface area contributed by atoms with Crippen LogP contribution in [0.15, 0.2) is 32.0 Å². The quantitative estimate of drug-likeness (QED) is 0.822. The van der Waals surface area contributed by atoms with Crippen LogP contribution >= 0.6 is 15.9 Å². The molecule has 5 nitrogen and oxygen atoms in total. The van der Waals surface area contributed by atoms with Crippen molar-refractivity contribution in [1.82, 2.24) is 5.32 Å². The molecule has 1 unspecified atom stereocenters. The Balaban J connectivity index is 2.05. The summed E-state index contributed by atoms with van der Waals surface area (Å²) in [6.45, 7) is 0.901.